The molecule has 7 heteroatoms. The standard InChI is InChI=1S/C24H17ClF2N2O2/c1-2-28(17-6-4-3-5-7-17)22-21(15-8-10-16(26)11-9-15)23(30)29(24(22)31)18-12-13-20(27)19(25)14-18/h3-14H,2H2,1H3. The summed E-state index contributed by atoms with van der Waals surface area (Å²) >= 11 is 5.89. The highest BCUT2D eigenvalue weighted by atomic mass is 35.5. The summed E-state index contributed by atoms with van der Waals surface area (Å²) in [6.45, 7) is 2.26. The molecule has 1 heterocycles. The molecule has 31 heavy (non-hydrogen) atoms. The van der Waals surface area contributed by atoms with E-state index in [0.29, 0.717) is 12.1 Å². The van der Waals surface area contributed by atoms with E-state index in [0.717, 1.165) is 16.7 Å². The number of nitrogens with zero attached hydrogens (tertiary/aromatic N) is 2. The highest BCUT2D eigenvalue weighted by molar-refractivity contribution is 6.46. The summed E-state index contributed by atoms with van der Waals surface area (Å²) in [5.74, 6) is -2.28. The maximum absolute atomic E-state index is 13.7. The summed E-state index contributed by atoms with van der Waals surface area (Å²) in [4.78, 5) is 29.7. The Hall–Kier alpha value is -3.51. The molecule has 0 aliphatic carbocycles. The Morgan fingerprint density at radius 2 is 1.58 bits per heavy atom. The van der Waals surface area contributed by atoms with Gasteiger partial charge in [-0.2, -0.15) is 0 Å². The van der Waals surface area contributed by atoms with Gasteiger partial charge in [-0.1, -0.05) is 41.9 Å². The monoisotopic (exact) mass is 438 g/mol. The van der Waals surface area contributed by atoms with Crippen LogP contribution in [0.25, 0.3) is 5.57 Å². The molecule has 0 spiro atoms. The molecule has 3 aromatic carbocycles. The number of amides is 2. The average Bonchev–Trinajstić information content (AvgIpc) is 3.02. The lowest BCUT2D eigenvalue weighted by Gasteiger charge is -2.25. The molecule has 0 aromatic heterocycles. The third kappa shape index (κ3) is 3.70. The largest absolute Gasteiger partial charge is 0.337 e. The number of para-hydroxylation sites is 1. The van der Waals surface area contributed by atoms with Crippen molar-refractivity contribution in [2.24, 2.45) is 0 Å². The maximum Gasteiger partial charge on any atom is 0.282 e. The fourth-order valence-corrected chi connectivity index (χ4v) is 3.76. The van der Waals surface area contributed by atoms with E-state index in [1.165, 1.54) is 36.4 Å². The van der Waals surface area contributed by atoms with Gasteiger partial charge in [0.15, 0.2) is 0 Å². The van der Waals surface area contributed by atoms with Gasteiger partial charge in [0.25, 0.3) is 11.8 Å². The first kappa shape index (κ1) is 20.8. The van der Waals surface area contributed by atoms with Gasteiger partial charge in [-0.3, -0.25) is 9.59 Å². The highest BCUT2D eigenvalue weighted by Gasteiger charge is 2.42. The molecule has 2 amide bonds. The minimum Gasteiger partial charge on any atom is -0.337 e. The number of carbonyl (C=O) groups is 2. The van der Waals surface area contributed by atoms with E-state index in [9.17, 15) is 18.4 Å². The lowest BCUT2D eigenvalue weighted by Crippen LogP contribution is -2.35. The SMILES string of the molecule is CCN(C1=C(c2ccc(F)cc2)C(=O)N(c2ccc(F)c(Cl)c2)C1=O)c1ccccc1. The quantitative estimate of drug-likeness (QED) is 0.499. The average molecular weight is 439 g/mol. The minimum absolute atomic E-state index is 0.135. The molecule has 0 N–H and O–H groups in total. The van der Waals surface area contributed by atoms with Crippen molar-refractivity contribution < 1.29 is 18.4 Å². The molecule has 0 saturated heterocycles. The molecule has 1 aliphatic heterocycles. The smallest absolute Gasteiger partial charge is 0.282 e. The van der Waals surface area contributed by atoms with Crippen molar-refractivity contribution in [1.29, 1.82) is 0 Å². The lowest BCUT2D eigenvalue weighted by molar-refractivity contribution is -0.120. The summed E-state index contributed by atoms with van der Waals surface area (Å²) in [5, 5.41) is -0.203. The van der Waals surface area contributed by atoms with Gasteiger partial charge in [0.2, 0.25) is 0 Å². The molecule has 156 valence electrons. The number of imide groups is 1. The first-order valence-electron chi connectivity index (χ1n) is 9.59. The van der Waals surface area contributed by atoms with E-state index in [4.69, 9.17) is 11.6 Å². The number of carbonyl (C=O) groups excluding carboxylic acids is 2. The van der Waals surface area contributed by atoms with Gasteiger partial charge >= 0.3 is 0 Å². The summed E-state index contributed by atoms with van der Waals surface area (Å²) < 4.78 is 27.2. The van der Waals surface area contributed by atoms with Crippen LogP contribution in [-0.4, -0.2) is 18.4 Å². The van der Waals surface area contributed by atoms with Crippen molar-refractivity contribution in [3.05, 3.63) is 101 Å². The zero-order chi connectivity index (χ0) is 22.1. The first-order valence-corrected chi connectivity index (χ1v) is 9.96. The Bertz CT molecular complexity index is 1190. The second kappa shape index (κ2) is 8.32. The predicted octanol–water partition coefficient (Wildman–Crippen LogP) is 5.43. The summed E-state index contributed by atoms with van der Waals surface area (Å²) in [7, 11) is 0. The molecule has 0 unspecified atom stereocenters. The van der Waals surface area contributed by atoms with Crippen molar-refractivity contribution >= 4 is 40.4 Å². The normalized spacial score (nSPS) is 13.9. The number of likely N-dealkylation sites (N-methyl/N-ethyl adjacent to an activating group) is 1. The van der Waals surface area contributed by atoms with Crippen molar-refractivity contribution in [1.82, 2.24) is 0 Å². The van der Waals surface area contributed by atoms with E-state index >= 15 is 0 Å². The van der Waals surface area contributed by atoms with Crippen LogP contribution in [0.1, 0.15) is 12.5 Å². The van der Waals surface area contributed by atoms with Gasteiger partial charge in [-0.15, -0.1) is 0 Å². The van der Waals surface area contributed by atoms with Gasteiger partial charge in [0.1, 0.15) is 17.3 Å². The van der Waals surface area contributed by atoms with Gasteiger partial charge < -0.3 is 4.90 Å². The van der Waals surface area contributed by atoms with Crippen LogP contribution in [-0.2, 0) is 9.59 Å². The summed E-state index contributed by atoms with van der Waals surface area (Å²) in [5.41, 5.74) is 1.57. The van der Waals surface area contributed by atoms with Gasteiger partial charge in [0, 0.05) is 12.2 Å². The number of rotatable bonds is 5. The van der Waals surface area contributed by atoms with Crippen LogP contribution in [0.15, 0.2) is 78.5 Å². The van der Waals surface area contributed by atoms with Crippen molar-refractivity contribution in [2.45, 2.75) is 6.92 Å². The second-order valence-electron chi connectivity index (χ2n) is 6.85. The fourth-order valence-electron chi connectivity index (χ4n) is 3.58. The third-order valence-corrected chi connectivity index (χ3v) is 5.30. The number of hydrogen-bond acceptors (Lipinski definition) is 3. The third-order valence-electron chi connectivity index (χ3n) is 5.01. The topological polar surface area (TPSA) is 40.6 Å². The molecule has 0 atom stereocenters. The number of benzene rings is 3. The van der Waals surface area contributed by atoms with Crippen molar-refractivity contribution in [3.8, 4) is 0 Å². The zero-order valence-electron chi connectivity index (χ0n) is 16.5. The highest BCUT2D eigenvalue weighted by Crippen LogP contribution is 2.37. The van der Waals surface area contributed by atoms with Gasteiger partial charge in [-0.05, 0) is 55.0 Å². The maximum atomic E-state index is 13.7. The van der Waals surface area contributed by atoms with Crippen LogP contribution < -0.4 is 9.80 Å². The van der Waals surface area contributed by atoms with Crippen LogP contribution >= 0.6 is 11.6 Å². The molecule has 4 rings (SSSR count). The van der Waals surface area contributed by atoms with Crippen LogP contribution in [0.4, 0.5) is 20.2 Å². The Morgan fingerprint density at radius 1 is 0.903 bits per heavy atom. The molecule has 0 saturated carbocycles. The predicted molar refractivity (Wildman–Crippen MR) is 117 cm³/mol. The fraction of sp³-hybridized carbons (Fsp3) is 0.0833. The summed E-state index contributed by atoms with van der Waals surface area (Å²) in [6.07, 6.45) is 0. The number of halogens is 3. The van der Waals surface area contributed by atoms with E-state index in [1.54, 1.807) is 4.90 Å². The van der Waals surface area contributed by atoms with E-state index < -0.39 is 23.4 Å². The lowest BCUT2D eigenvalue weighted by atomic mass is 10.0. The van der Waals surface area contributed by atoms with Crippen LogP contribution in [0.2, 0.25) is 5.02 Å². The Morgan fingerprint density at radius 3 is 2.19 bits per heavy atom. The molecule has 4 nitrogen and oxygen atoms in total. The molecular weight excluding hydrogens is 422 g/mol. The van der Waals surface area contributed by atoms with E-state index in [-0.39, 0.29) is 22.0 Å². The molecular formula is C24H17ClF2N2O2. The molecule has 1 aliphatic rings. The minimum atomic E-state index is -0.657. The number of anilines is 2. The van der Waals surface area contributed by atoms with Gasteiger partial charge in [0.05, 0.1) is 16.3 Å². The number of hydrogen-bond donors (Lipinski definition) is 0. The molecule has 0 radical (unpaired) electrons. The zero-order valence-corrected chi connectivity index (χ0v) is 17.2. The Kier molecular flexibility index (Phi) is 5.57. The second-order valence-corrected chi connectivity index (χ2v) is 7.26. The van der Waals surface area contributed by atoms with Crippen molar-refractivity contribution in [3.63, 3.8) is 0 Å². The molecule has 0 bridgehead atoms. The Labute approximate surface area is 183 Å². The van der Waals surface area contributed by atoms with E-state index in [2.05, 4.69) is 0 Å². The first-order chi connectivity index (χ1) is 14.9. The Balaban J connectivity index is 1.91. The molecule has 0 fully saturated rings. The van der Waals surface area contributed by atoms with Crippen LogP contribution in [0.3, 0.4) is 0 Å². The van der Waals surface area contributed by atoms with Crippen LogP contribution in [0.5, 0.6) is 0 Å². The summed E-state index contributed by atoms with van der Waals surface area (Å²) in [6, 6.07) is 18.2. The van der Waals surface area contributed by atoms with Gasteiger partial charge in [-0.25, -0.2) is 13.7 Å². The van der Waals surface area contributed by atoms with Crippen molar-refractivity contribution in [2.75, 3.05) is 16.3 Å². The van der Waals surface area contributed by atoms with Crippen LogP contribution in [0, 0.1) is 11.6 Å². The molecule has 3 aromatic rings. The van der Waals surface area contributed by atoms with E-state index in [1.807, 2.05) is 37.3 Å².